The standard InChI is InChI=1S/C11H21N3O/c1-9(15-4)11(12-2)6-5-10-7-13-14(3)8-10/h7-9,11-12H,5-6H2,1-4H3. The molecule has 1 aromatic rings. The summed E-state index contributed by atoms with van der Waals surface area (Å²) in [4.78, 5) is 0. The average Bonchev–Trinajstić information content (AvgIpc) is 2.64. The van der Waals surface area contributed by atoms with Crippen LogP contribution in [-0.2, 0) is 18.2 Å². The Kier molecular flexibility index (Phi) is 4.78. The third-order valence-corrected chi connectivity index (χ3v) is 2.81. The van der Waals surface area contributed by atoms with E-state index >= 15 is 0 Å². The van der Waals surface area contributed by atoms with Gasteiger partial charge in [0.15, 0.2) is 0 Å². The first-order chi connectivity index (χ1) is 7.17. The van der Waals surface area contributed by atoms with Crippen LogP contribution in [0.15, 0.2) is 12.4 Å². The number of aromatic nitrogens is 2. The van der Waals surface area contributed by atoms with E-state index in [9.17, 15) is 0 Å². The Morgan fingerprint density at radius 3 is 2.80 bits per heavy atom. The number of nitrogens with one attached hydrogen (secondary N) is 1. The van der Waals surface area contributed by atoms with Crippen LogP contribution in [0.4, 0.5) is 0 Å². The van der Waals surface area contributed by atoms with E-state index in [1.807, 2.05) is 25.0 Å². The fraction of sp³-hybridized carbons (Fsp3) is 0.727. The summed E-state index contributed by atoms with van der Waals surface area (Å²) in [7, 11) is 5.67. The number of nitrogens with zero attached hydrogens (tertiary/aromatic N) is 2. The van der Waals surface area contributed by atoms with Crippen molar-refractivity contribution in [3.05, 3.63) is 18.0 Å². The fourth-order valence-electron chi connectivity index (χ4n) is 1.70. The molecule has 0 spiro atoms. The van der Waals surface area contributed by atoms with Crippen molar-refractivity contribution in [1.29, 1.82) is 0 Å². The van der Waals surface area contributed by atoms with E-state index < -0.39 is 0 Å². The molecule has 0 saturated heterocycles. The number of methoxy groups -OCH3 is 1. The van der Waals surface area contributed by atoms with Gasteiger partial charge in [-0.25, -0.2) is 0 Å². The zero-order valence-electron chi connectivity index (χ0n) is 10.0. The lowest BCUT2D eigenvalue weighted by Crippen LogP contribution is -2.37. The maximum absolute atomic E-state index is 5.31. The lowest BCUT2D eigenvalue weighted by atomic mass is 10.0. The highest BCUT2D eigenvalue weighted by Gasteiger charge is 2.14. The van der Waals surface area contributed by atoms with Crippen LogP contribution in [0.25, 0.3) is 0 Å². The minimum Gasteiger partial charge on any atom is -0.380 e. The van der Waals surface area contributed by atoms with E-state index in [0.717, 1.165) is 12.8 Å². The van der Waals surface area contributed by atoms with E-state index in [0.29, 0.717) is 6.04 Å². The van der Waals surface area contributed by atoms with E-state index in [-0.39, 0.29) is 6.10 Å². The minimum atomic E-state index is 0.242. The van der Waals surface area contributed by atoms with Gasteiger partial charge in [-0.3, -0.25) is 4.68 Å². The summed E-state index contributed by atoms with van der Waals surface area (Å²) in [5, 5.41) is 7.43. The van der Waals surface area contributed by atoms with Gasteiger partial charge in [0.1, 0.15) is 0 Å². The summed E-state index contributed by atoms with van der Waals surface area (Å²) in [5.74, 6) is 0. The molecule has 0 bridgehead atoms. The van der Waals surface area contributed by atoms with E-state index in [1.165, 1.54) is 5.56 Å². The van der Waals surface area contributed by atoms with Crippen molar-refractivity contribution in [1.82, 2.24) is 15.1 Å². The van der Waals surface area contributed by atoms with E-state index in [4.69, 9.17) is 4.74 Å². The Morgan fingerprint density at radius 1 is 1.60 bits per heavy atom. The van der Waals surface area contributed by atoms with Gasteiger partial charge < -0.3 is 10.1 Å². The Labute approximate surface area is 91.6 Å². The van der Waals surface area contributed by atoms with Crippen LogP contribution in [0.2, 0.25) is 0 Å². The largest absolute Gasteiger partial charge is 0.380 e. The first-order valence-corrected chi connectivity index (χ1v) is 5.35. The predicted molar refractivity (Wildman–Crippen MR) is 60.8 cm³/mol. The van der Waals surface area contributed by atoms with Crippen molar-refractivity contribution >= 4 is 0 Å². The normalized spacial score (nSPS) is 15.2. The zero-order chi connectivity index (χ0) is 11.3. The highest BCUT2D eigenvalue weighted by Crippen LogP contribution is 2.08. The quantitative estimate of drug-likeness (QED) is 0.762. The lowest BCUT2D eigenvalue weighted by Gasteiger charge is -2.21. The minimum absolute atomic E-state index is 0.242. The van der Waals surface area contributed by atoms with Gasteiger partial charge >= 0.3 is 0 Å². The zero-order valence-corrected chi connectivity index (χ0v) is 10.0. The number of hydrogen-bond acceptors (Lipinski definition) is 3. The third-order valence-electron chi connectivity index (χ3n) is 2.81. The van der Waals surface area contributed by atoms with Crippen molar-refractivity contribution in [3.8, 4) is 0 Å². The van der Waals surface area contributed by atoms with Crippen LogP contribution in [0.3, 0.4) is 0 Å². The molecular formula is C11H21N3O. The molecule has 0 fully saturated rings. The van der Waals surface area contributed by atoms with Gasteiger partial charge in [0.25, 0.3) is 0 Å². The maximum Gasteiger partial charge on any atom is 0.0696 e. The van der Waals surface area contributed by atoms with E-state index in [1.54, 1.807) is 7.11 Å². The van der Waals surface area contributed by atoms with Crippen LogP contribution in [0.1, 0.15) is 18.9 Å². The summed E-state index contributed by atoms with van der Waals surface area (Å²) < 4.78 is 7.15. The molecule has 4 heteroatoms. The number of ether oxygens (including phenoxy) is 1. The predicted octanol–water partition coefficient (Wildman–Crippen LogP) is 0.976. The van der Waals surface area contributed by atoms with Gasteiger partial charge in [-0.15, -0.1) is 0 Å². The second kappa shape index (κ2) is 5.88. The second-order valence-corrected chi connectivity index (χ2v) is 3.90. The number of likely N-dealkylation sites (N-methyl/N-ethyl adjacent to an activating group) is 1. The maximum atomic E-state index is 5.31. The highest BCUT2D eigenvalue weighted by molar-refractivity contribution is 5.04. The molecule has 1 rings (SSSR count). The van der Waals surface area contributed by atoms with Crippen molar-refractivity contribution in [2.75, 3.05) is 14.2 Å². The Morgan fingerprint density at radius 2 is 2.33 bits per heavy atom. The van der Waals surface area contributed by atoms with Gasteiger partial charge in [-0.05, 0) is 32.4 Å². The Hall–Kier alpha value is -0.870. The van der Waals surface area contributed by atoms with Gasteiger partial charge in [-0.2, -0.15) is 5.10 Å². The summed E-state index contributed by atoms with van der Waals surface area (Å²) in [5.41, 5.74) is 1.28. The summed E-state index contributed by atoms with van der Waals surface area (Å²) in [6.07, 6.45) is 6.32. The van der Waals surface area contributed by atoms with Gasteiger partial charge in [-0.1, -0.05) is 0 Å². The van der Waals surface area contributed by atoms with E-state index in [2.05, 4.69) is 23.5 Å². The SMILES string of the molecule is CNC(CCc1cnn(C)c1)C(C)OC. The molecule has 0 aliphatic rings. The van der Waals surface area contributed by atoms with Crippen molar-refractivity contribution in [3.63, 3.8) is 0 Å². The highest BCUT2D eigenvalue weighted by atomic mass is 16.5. The smallest absolute Gasteiger partial charge is 0.0696 e. The summed E-state index contributed by atoms with van der Waals surface area (Å²) >= 11 is 0. The summed E-state index contributed by atoms with van der Waals surface area (Å²) in [6, 6.07) is 0.398. The molecule has 0 aliphatic carbocycles. The van der Waals surface area contributed by atoms with Gasteiger partial charge in [0, 0.05) is 26.4 Å². The molecule has 4 nitrogen and oxygen atoms in total. The van der Waals surface area contributed by atoms with Crippen LogP contribution in [0.5, 0.6) is 0 Å². The topological polar surface area (TPSA) is 39.1 Å². The molecule has 15 heavy (non-hydrogen) atoms. The van der Waals surface area contributed by atoms with Crippen molar-refractivity contribution < 1.29 is 4.74 Å². The van der Waals surface area contributed by atoms with Gasteiger partial charge in [0.05, 0.1) is 12.3 Å². The van der Waals surface area contributed by atoms with Crippen LogP contribution < -0.4 is 5.32 Å². The molecule has 2 unspecified atom stereocenters. The van der Waals surface area contributed by atoms with Crippen LogP contribution >= 0.6 is 0 Å². The molecule has 0 amide bonds. The number of hydrogen-bond donors (Lipinski definition) is 1. The average molecular weight is 211 g/mol. The van der Waals surface area contributed by atoms with Crippen LogP contribution in [0, 0.1) is 0 Å². The molecule has 2 atom stereocenters. The monoisotopic (exact) mass is 211 g/mol. The van der Waals surface area contributed by atoms with Gasteiger partial charge in [0.2, 0.25) is 0 Å². The first-order valence-electron chi connectivity index (χ1n) is 5.35. The molecule has 0 saturated carbocycles. The van der Waals surface area contributed by atoms with Crippen molar-refractivity contribution in [2.24, 2.45) is 7.05 Å². The van der Waals surface area contributed by atoms with Crippen molar-refractivity contribution in [2.45, 2.75) is 31.9 Å². The Bertz CT molecular complexity index is 285. The molecule has 0 radical (unpaired) electrons. The molecule has 0 aliphatic heterocycles. The molecule has 0 aromatic carbocycles. The summed E-state index contributed by atoms with van der Waals surface area (Å²) in [6.45, 7) is 2.09. The third kappa shape index (κ3) is 3.64. The molecule has 1 heterocycles. The Balaban J connectivity index is 2.40. The lowest BCUT2D eigenvalue weighted by molar-refractivity contribution is 0.0829. The second-order valence-electron chi connectivity index (χ2n) is 3.90. The number of rotatable bonds is 6. The molecular weight excluding hydrogens is 190 g/mol. The van der Waals surface area contributed by atoms with Crippen LogP contribution in [-0.4, -0.2) is 36.1 Å². The molecule has 86 valence electrons. The molecule has 1 N–H and O–H groups in total. The molecule has 1 aromatic heterocycles. The first kappa shape index (κ1) is 12.2. The fourth-order valence-corrected chi connectivity index (χ4v) is 1.70. The number of aryl methyl sites for hydroxylation is 2.